The van der Waals surface area contributed by atoms with E-state index < -0.39 is 0 Å². The molecule has 3 heterocycles. The van der Waals surface area contributed by atoms with Crippen LogP contribution in [-0.2, 0) is 0 Å². The first-order valence-electron chi connectivity index (χ1n) is 5.44. The topological polar surface area (TPSA) is 69.1 Å². The zero-order valence-electron chi connectivity index (χ0n) is 9.19. The van der Waals surface area contributed by atoms with Gasteiger partial charge in [-0.3, -0.25) is 0 Å². The second kappa shape index (κ2) is 3.36. The van der Waals surface area contributed by atoms with Crippen molar-refractivity contribution >= 4 is 16.7 Å². The van der Waals surface area contributed by atoms with Gasteiger partial charge in [0.05, 0.1) is 0 Å². The third-order valence-corrected chi connectivity index (χ3v) is 2.78. The van der Waals surface area contributed by atoms with Crippen LogP contribution in [0, 0.1) is 0 Å². The van der Waals surface area contributed by atoms with Crippen LogP contribution in [0.25, 0.3) is 28.2 Å². The van der Waals surface area contributed by atoms with Crippen LogP contribution in [0.5, 0.6) is 0 Å². The molecular weight excluding hydrogens is 230 g/mol. The van der Waals surface area contributed by atoms with Gasteiger partial charge in [-0.1, -0.05) is 23.3 Å². The number of aromatic nitrogens is 5. The maximum absolute atomic E-state index is 5.79. The maximum atomic E-state index is 5.79. The SMILES string of the molecule is c1ccc2oc(-c3ccnc4nnnn34)cc2c1. The Balaban J connectivity index is 2.04. The molecule has 0 N–H and O–H groups in total. The van der Waals surface area contributed by atoms with E-state index in [-0.39, 0.29) is 0 Å². The molecule has 18 heavy (non-hydrogen) atoms. The molecule has 0 aliphatic heterocycles. The fraction of sp³-hybridized carbons (Fsp3) is 0. The lowest BCUT2D eigenvalue weighted by atomic mass is 10.2. The summed E-state index contributed by atoms with van der Waals surface area (Å²) in [6.45, 7) is 0. The van der Waals surface area contributed by atoms with Crippen molar-refractivity contribution in [2.24, 2.45) is 0 Å². The van der Waals surface area contributed by atoms with E-state index >= 15 is 0 Å². The fourth-order valence-electron chi connectivity index (χ4n) is 1.96. The summed E-state index contributed by atoms with van der Waals surface area (Å²) < 4.78 is 7.34. The largest absolute Gasteiger partial charge is 0.454 e. The van der Waals surface area contributed by atoms with E-state index in [1.165, 1.54) is 0 Å². The van der Waals surface area contributed by atoms with Gasteiger partial charge in [0.25, 0.3) is 5.78 Å². The van der Waals surface area contributed by atoms with Crippen molar-refractivity contribution in [2.75, 3.05) is 0 Å². The average Bonchev–Trinajstić information content (AvgIpc) is 3.04. The number of nitrogens with zero attached hydrogens (tertiary/aromatic N) is 5. The molecule has 3 aromatic heterocycles. The van der Waals surface area contributed by atoms with Crippen LogP contribution in [0.4, 0.5) is 0 Å². The molecule has 0 spiro atoms. The molecule has 0 aliphatic carbocycles. The van der Waals surface area contributed by atoms with Gasteiger partial charge in [0.15, 0.2) is 5.76 Å². The molecule has 0 bridgehead atoms. The molecule has 0 radical (unpaired) electrons. The maximum Gasteiger partial charge on any atom is 0.274 e. The number of benzene rings is 1. The molecule has 0 saturated heterocycles. The quantitative estimate of drug-likeness (QED) is 0.506. The van der Waals surface area contributed by atoms with E-state index in [1.54, 1.807) is 10.7 Å². The Bertz CT molecular complexity index is 815. The lowest BCUT2D eigenvalue weighted by Gasteiger charge is -1.97. The summed E-state index contributed by atoms with van der Waals surface area (Å²) in [5.74, 6) is 1.17. The van der Waals surface area contributed by atoms with E-state index in [4.69, 9.17) is 4.42 Å². The van der Waals surface area contributed by atoms with Crippen molar-refractivity contribution in [1.29, 1.82) is 0 Å². The Morgan fingerprint density at radius 2 is 2.06 bits per heavy atom. The van der Waals surface area contributed by atoms with E-state index in [9.17, 15) is 0 Å². The van der Waals surface area contributed by atoms with Crippen molar-refractivity contribution in [3.05, 3.63) is 42.6 Å². The number of rotatable bonds is 1. The van der Waals surface area contributed by atoms with Crippen LogP contribution in [0.15, 0.2) is 47.0 Å². The number of hydrogen-bond acceptors (Lipinski definition) is 5. The highest BCUT2D eigenvalue weighted by atomic mass is 16.3. The van der Waals surface area contributed by atoms with Crippen molar-refractivity contribution in [2.45, 2.75) is 0 Å². The minimum atomic E-state index is 0.452. The highest BCUT2D eigenvalue weighted by molar-refractivity contribution is 5.82. The van der Waals surface area contributed by atoms with Gasteiger partial charge < -0.3 is 4.42 Å². The predicted octanol–water partition coefficient (Wildman–Crippen LogP) is 1.93. The molecule has 4 rings (SSSR count). The molecular formula is C12H7N5O. The highest BCUT2D eigenvalue weighted by Crippen LogP contribution is 2.26. The smallest absolute Gasteiger partial charge is 0.274 e. The van der Waals surface area contributed by atoms with Crippen LogP contribution in [-0.4, -0.2) is 25.0 Å². The van der Waals surface area contributed by atoms with Gasteiger partial charge >= 0.3 is 0 Å². The Hall–Kier alpha value is -2.76. The zero-order valence-corrected chi connectivity index (χ0v) is 9.19. The molecule has 6 heteroatoms. The lowest BCUT2D eigenvalue weighted by Crippen LogP contribution is -1.94. The van der Waals surface area contributed by atoms with Crippen molar-refractivity contribution in [3.63, 3.8) is 0 Å². The molecule has 0 amide bonds. The van der Waals surface area contributed by atoms with Crippen molar-refractivity contribution < 1.29 is 4.42 Å². The zero-order chi connectivity index (χ0) is 11.9. The summed E-state index contributed by atoms with van der Waals surface area (Å²) in [5, 5.41) is 12.4. The van der Waals surface area contributed by atoms with E-state index in [1.807, 2.05) is 36.4 Å². The summed E-state index contributed by atoms with van der Waals surface area (Å²) >= 11 is 0. The van der Waals surface area contributed by atoms with E-state index in [2.05, 4.69) is 20.5 Å². The fourth-order valence-corrected chi connectivity index (χ4v) is 1.96. The van der Waals surface area contributed by atoms with E-state index in [0.29, 0.717) is 5.78 Å². The lowest BCUT2D eigenvalue weighted by molar-refractivity contribution is 0.623. The number of hydrogen-bond donors (Lipinski definition) is 0. The van der Waals surface area contributed by atoms with Gasteiger partial charge in [0, 0.05) is 11.6 Å². The Kier molecular flexibility index (Phi) is 1.74. The third-order valence-electron chi connectivity index (χ3n) is 2.78. The number of para-hydroxylation sites is 1. The minimum absolute atomic E-state index is 0.452. The normalized spacial score (nSPS) is 11.3. The molecule has 0 atom stereocenters. The highest BCUT2D eigenvalue weighted by Gasteiger charge is 2.11. The van der Waals surface area contributed by atoms with Crippen LogP contribution < -0.4 is 0 Å². The summed E-state index contributed by atoms with van der Waals surface area (Å²) in [7, 11) is 0. The van der Waals surface area contributed by atoms with Gasteiger partial charge in [-0.05, 0) is 28.6 Å². The molecule has 6 nitrogen and oxygen atoms in total. The van der Waals surface area contributed by atoms with E-state index in [0.717, 1.165) is 22.4 Å². The molecule has 0 saturated carbocycles. The predicted molar refractivity (Wildman–Crippen MR) is 63.8 cm³/mol. The average molecular weight is 237 g/mol. The summed E-state index contributed by atoms with van der Waals surface area (Å²) in [4.78, 5) is 4.07. The van der Waals surface area contributed by atoms with Crippen LogP contribution in [0.3, 0.4) is 0 Å². The second-order valence-corrected chi connectivity index (χ2v) is 3.87. The molecule has 0 fully saturated rings. The van der Waals surface area contributed by atoms with Gasteiger partial charge in [-0.25, -0.2) is 4.98 Å². The first kappa shape index (κ1) is 9.29. The minimum Gasteiger partial charge on any atom is -0.454 e. The summed E-state index contributed by atoms with van der Waals surface area (Å²) in [5.41, 5.74) is 1.62. The number of tetrazole rings is 1. The Morgan fingerprint density at radius 1 is 1.11 bits per heavy atom. The Labute approximate surface area is 101 Å². The standard InChI is InChI=1S/C12H7N5O/c1-2-4-10-8(3-1)7-11(18-10)9-5-6-13-12-14-15-16-17(9)12/h1-7H. The van der Waals surface area contributed by atoms with Crippen LogP contribution in [0.2, 0.25) is 0 Å². The molecule has 0 unspecified atom stereocenters. The molecule has 4 aromatic rings. The first-order valence-corrected chi connectivity index (χ1v) is 5.44. The number of furan rings is 1. The van der Waals surface area contributed by atoms with Gasteiger partial charge in [-0.15, -0.1) is 0 Å². The van der Waals surface area contributed by atoms with Gasteiger partial charge in [0.1, 0.15) is 11.3 Å². The summed E-state index contributed by atoms with van der Waals surface area (Å²) in [6.07, 6.45) is 1.66. The molecule has 1 aromatic carbocycles. The Morgan fingerprint density at radius 3 is 3.00 bits per heavy atom. The van der Waals surface area contributed by atoms with Crippen LogP contribution >= 0.6 is 0 Å². The van der Waals surface area contributed by atoms with Crippen molar-refractivity contribution in [3.8, 4) is 11.5 Å². The van der Waals surface area contributed by atoms with Gasteiger partial charge in [-0.2, -0.15) is 4.52 Å². The number of fused-ring (bicyclic) bond motifs is 2. The van der Waals surface area contributed by atoms with Crippen molar-refractivity contribution in [1.82, 2.24) is 25.0 Å². The summed E-state index contributed by atoms with van der Waals surface area (Å²) in [6, 6.07) is 11.6. The molecule has 86 valence electrons. The first-order chi connectivity index (χ1) is 8.92. The van der Waals surface area contributed by atoms with Crippen LogP contribution in [0.1, 0.15) is 0 Å². The molecule has 0 aliphatic rings. The van der Waals surface area contributed by atoms with Gasteiger partial charge in [0.2, 0.25) is 0 Å². The third kappa shape index (κ3) is 1.22. The monoisotopic (exact) mass is 237 g/mol. The second-order valence-electron chi connectivity index (χ2n) is 3.87.